The van der Waals surface area contributed by atoms with E-state index in [1.807, 2.05) is 0 Å². The van der Waals surface area contributed by atoms with Crippen molar-refractivity contribution >= 4 is 11.6 Å². The highest BCUT2D eigenvalue weighted by Crippen LogP contribution is 2.23. The van der Waals surface area contributed by atoms with Crippen molar-refractivity contribution in [2.75, 3.05) is 6.54 Å². The van der Waals surface area contributed by atoms with Crippen molar-refractivity contribution in [1.29, 1.82) is 0 Å². The summed E-state index contributed by atoms with van der Waals surface area (Å²) in [4.78, 5) is 0. The molecule has 0 bridgehead atoms. The predicted octanol–water partition coefficient (Wildman–Crippen LogP) is 2.87. The third kappa shape index (κ3) is 3.44. The first-order valence-electron chi connectivity index (χ1n) is 5.49. The Morgan fingerprint density at radius 2 is 2.19 bits per heavy atom. The average molecular weight is 245 g/mol. The minimum Gasteiger partial charge on any atom is -0.329 e. The standard InChI is InChI=1S/C12H18ClFN2/c1-3-8(2)16-12(7-15)10-5-4-9(14)6-11(10)13/h4-6,8,12,16H,3,7,15H2,1-2H3. The van der Waals surface area contributed by atoms with Gasteiger partial charge in [0.05, 0.1) is 0 Å². The number of nitrogens with two attached hydrogens (primary N) is 1. The molecule has 1 rings (SSSR count). The first kappa shape index (κ1) is 13.4. The highest BCUT2D eigenvalue weighted by atomic mass is 35.5. The van der Waals surface area contributed by atoms with Crippen LogP contribution in [0.4, 0.5) is 4.39 Å². The molecule has 0 amide bonds. The summed E-state index contributed by atoms with van der Waals surface area (Å²) in [5, 5.41) is 3.78. The van der Waals surface area contributed by atoms with Gasteiger partial charge in [-0.2, -0.15) is 0 Å². The highest BCUT2D eigenvalue weighted by molar-refractivity contribution is 6.31. The van der Waals surface area contributed by atoms with Gasteiger partial charge in [0.15, 0.2) is 0 Å². The van der Waals surface area contributed by atoms with Gasteiger partial charge in [-0.25, -0.2) is 4.39 Å². The Balaban J connectivity index is 2.86. The lowest BCUT2D eigenvalue weighted by atomic mass is 10.1. The van der Waals surface area contributed by atoms with Gasteiger partial charge < -0.3 is 11.1 Å². The van der Waals surface area contributed by atoms with Gasteiger partial charge in [-0.3, -0.25) is 0 Å². The van der Waals surface area contributed by atoms with Crippen molar-refractivity contribution in [1.82, 2.24) is 5.32 Å². The summed E-state index contributed by atoms with van der Waals surface area (Å²) in [5.41, 5.74) is 6.55. The second kappa shape index (κ2) is 6.18. The molecule has 0 fully saturated rings. The SMILES string of the molecule is CCC(C)NC(CN)c1ccc(F)cc1Cl. The molecular weight excluding hydrogens is 227 g/mol. The first-order chi connectivity index (χ1) is 7.58. The van der Waals surface area contributed by atoms with Crippen LogP contribution < -0.4 is 11.1 Å². The zero-order valence-corrected chi connectivity index (χ0v) is 10.4. The summed E-state index contributed by atoms with van der Waals surface area (Å²) in [6.07, 6.45) is 1.01. The Hall–Kier alpha value is -0.640. The maximum Gasteiger partial charge on any atom is 0.124 e. The lowest BCUT2D eigenvalue weighted by Crippen LogP contribution is -2.34. The van der Waals surface area contributed by atoms with Crippen LogP contribution in [0.2, 0.25) is 5.02 Å². The fourth-order valence-electron chi connectivity index (χ4n) is 1.53. The molecule has 2 atom stereocenters. The molecule has 2 nitrogen and oxygen atoms in total. The molecule has 0 radical (unpaired) electrons. The third-order valence-electron chi connectivity index (χ3n) is 2.67. The predicted molar refractivity (Wildman–Crippen MR) is 66.1 cm³/mol. The number of hydrogen-bond acceptors (Lipinski definition) is 2. The summed E-state index contributed by atoms with van der Waals surface area (Å²) < 4.78 is 12.9. The van der Waals surface area contributed by atoms with Gasteiger partial charge in [0, 0.05) is 23.7 Å². The Labute approximate surface area is 101 Å². The topological polar surface area (TPSA) is 38.0 Å². The molecule has 0 spiro atoms. The Morgan fingerprint density at radius 1 is 1.50 bits per heavy atom. The second-order valence-corrected chi connectivity index (χ2v) is 4.34. The molecule has 0 aliphatic heterocycles. The van der Waals surface area contributed by atoms with Crippen LogP contribution >= 0.6 is 11.6 Å². The molecule has 2 unspecified atom stereocenters. The molecular formula is C12H18ClFN2. The van der Waals surface area contributed by atoms with Gasteiger partial charge in [-0.15, -0.1) is 0 Å². The average Bonchev–Trinajstić information content (AvgIpc) is 2.26. The number of halogens is 2. The zero-order chi connectivity index (χ0) is 12.1. The molecule has 4 heteroatoms. The molecule has 0 aliphatic rings. The van der Waals surface area contributed by atoms with E-state index in [0.29, 0.717) is 17.6 Å². The van der Waals surface area contributed by atoms with Crippen LogP contribution in [-0.4, -0.2) is 12.6 Å². The van der Waals surface area contributed by atoms with E-state index in [0.717, 1.165) is 12.0 Å². The lowest BCUT2D eigenvalue weighted by Gasteiger charge is -2.22. The maximum atomic E-state index is 12.9. The Bertz CT molecular complexity index is 344. The summed E-state index contributed by atoms with van der Waals surface area (Å²) in [5.74, 6) is -0.326. The van der Waals surface area contributed by atoms with Crippen molar-refractivity contribution in [2.24, 2.45) is 5.73 Å². The summed E-state index contributed by atoms with van der Waals surface area (Å²) in [7, 11) is 0. The van der Waals surface area contributed by atoms with Crippen LogP contribution in [0.3, 0.4) is 0 Å². The van der Waals surface area contributed by atoms with Gasteiger partial charge in [0.25, 0.3) is 0 Å². The molecule has 0 heterocycles. The van der Waals surface area contributed by atoms with Gasteiger partial charge in [0.1, 0.15) is 5.82 Å². The molecule has 0 aromatic heterocycles. The van der Waals surface area contributed by atoms with Crippen LogP contribution in [0.5, 0.6) is 0 Å². The van der Waals surface area contributed by atoms with Crippen LogP contribution in [-0.2, 0) is 0 Å². The summed E-state index contributed by atoms with van der Waals surface area (Å²) >= 11 is 5.99. The van der Waals surface area contributed by atoms with Crippen LogP contribution in [0.1, 0.15) is 31.9 Å². The number of nitrogens with one attached hydrogen (secondary N) is 1. The van der Waals surface area contributed by atoms with Crippen LogP contribution in [0, 0.1) is 5.82 Å². The van der Waals surface area contributed by atoms with Crippen molar-refractivity contribution in [3.63, 3.8) is 0 Å². The highest BCUT2D eigenvalue weighted by Gasteiger charge is 2.15. The summed E-state index contributed by atoms with van der Waals surface area (Å²) in [6.45, 7) is 4.62. The smallest absolute Gasteiger partial charge is 0.124 e. The van der Waals surface area contributed by atoms with Crippen molar-refractivity contribution in [3.05, 3.63) is 34.6 Å². The fourth-order valence-corrected chi connectivity index (χ4v) is 1.83. The van der Waals surface area contributed by atoms with E-state index in [4.69, 9.17) is 17.3 Å². The molecule has 0 saturated carbocycles. The zero-order valence-electron chi connectivity index (χ0n) is 9.63. The Kier molecular flexibility index (Phi) is 5.19. The van der Waals surface area contributed by atoms with E-state index in [9.17, 15) is 4.39 Å². The monoisotopic (exact) mass is 244 g/mol. The molecule has 16 heavy (non-hydrogen) atoms. The van der Waals surface area contributed by atoms with Gasteiger partial charge in [-0.1, -0.05) is 24.6 Å². The Morgan fingerprint density at radius 3 is 2.69 bits per heavy atom. The van der Waals surface area contributed by atoms with E-state index in [1.54, 1.807) is 6.07 Å². The molecule has 0 aliphatic carbocycles. The molecule has 1 aromatic rings. The minimum absolute atomic E-state index is 0.0250. The molecule has 90 valence electrons. The van der Waals surface area contributed by atoms with Gasteiger partial charge >= 0.3 is 0 Å². The third-order valence-corrected chi connectivity index (χ3v) is 3.00. The molecule has 3 N–H and O–H groups in total. The number of benzene rings is 1. The van der Waals surface area contributed by atoms with Crippen molar-refractivity contribution in [3.8, 4) is 0 Å². The van der Waals surface area contributed by atoms with E-state index in [1.165, 1.54) is 12.1 Å². The number of hydrogen-bond donors (Lipinski definition) is 2. The quantitative estimate of drug-likeness (QED) is 0.836. The van der Waals surface area contributed by atoms with E-state index in [2.05, 4.69) is 19.2 Å². The van der Waals surface area contributed by atoms with Gasteiger partial charge in [0.2, 0.25) is 0 Å². The van der Waals surface area contributed by atoms with E-state index < -0.39 is 0 Å². The van der Waals surface area contributed by atoms with E-state index in [-0.39, 0.29) is 11.9 Å². The molecule has 0 saturated heterocycles. The number of rotatable bonds is 5. The first-order valence-corrected chi connectivity index (χ1v) is 5.87. The lowest BCUT2D eigenvalue weighted by molar-refractivity contribution is 0.451. The maximum absolute atomic E-state index is 12.9. The van der Waals surface area contributed by atoms with Crippen LogP contribution in [0.15, 0.2) is 18.2 Å². The normalized spacial score (nSPS) is 14.8. The van der Waals surface area contributed by atoms with Crippen molar-refractivity contribution in [2.45, 2.75) is 32.4 Å². The van der Waals surface area contributed by atoms with Crippen LogP contribution in [0.25, 0.3) is 0 Å². The largest absolute Gasteiger partial charge is 0.329 e. The van der Waals surface area contributed by atoms with Crippen molar-refractivity contribution < 1.29 is 4.39 Å². The minimum atomic E-state index is -0.326. The summed E-state index contributed by atoms with van der Waals surface area (Å²) in [6, 6.07) is 4.74. The van der Waals surface area contributed by atoms with E-state index >= 15 is 0 Å². The van der Waals surface area contributed by atoms with Gasteiger partial charge in [-0.05, 0) is 31.0 Å². The fraction of sp³-hybridized carbons (Fsp3) is 0.500. The molecule has 1 aromatic carbocycles. The second-order valence-electron chi connectivity index (χ2n) is 3.93.